The van der Waals surface area contributed by atoms with Crippen molar-refractivity contribution >= 4 is 5.69 Å². The van der Waals surface area contributed by atoms with Gasteiger partial charge in [-0.2, -0.15) is 0 Å². The first-order valence-electron chi connectivity index (χ1n) is 8.24. The van der Waals surface area contributed by atoms with Crippen molar-refractivity contribution in [2.75, 3.05) is 5.32 Å². The van der Waals surface area contributed by atoms with Crippen LogP contribution >= 0.6 is 0 Å². The van der Waals surface area contributed by atoms with E-state index in [0.717, 1.165) is 0 Å². The van der Waals surface area contributed by atoms with E-state index in [-0.39, 0.29) is 0 Å². The minimum absolute atomic E-state index is 0.713. The van der Waals surface area contributed by atoms with Gasteiger partial charge in [0.15, 0.2) is 0 Å². The molecule has 1 saturated carbocycles. The molecule has 0 unspecified atom stereocenters. The number of benzene rings is 1. The standard InChI is InChI=1S/C18H29N/c1-2-3-4-6-11-16-12-9-10-15-18(16)19-17-13-7-5-8-14-17/h9-10,12,15,17,19H,2-8,11,13-14H2,1H3. The van der Waals surface area contributed by atoms with Crippen molar-refractivity contribution in [3.05, 3.63) is 29.8 Å². The number of anilines is 1. The van der Waals surface area contributed by atoms with Gasteiger partial charge in [-0.3, -0.25) is 0 Å². The van der Waals surface area contributed by atoms with E-state index in [1.807, 2.05) is 0 Å². The van der Waals surface area contributed by atoms with Gasteiger partial charge >= 0.3 is 0 Å². The fourth-order valence-corrected chi connectivity index (χ4v) is 3.09. The molecule has 0 amide bonds. The van der Waals surface area contributed by atoms with E-state index in [1.54, 1.807) is 0 Å². The molecule has 0 aromatic heterocycles. The van der Waals surface area contributed by atoms with E-state index in [2.05, 4.69) is 36.5 Å². The van der Waals surface area contributed by atoms with E-state index in [1.165, 1.54) is 75.5 Å². The predicted molar refractivity (Wildman–Crippen MR) is 84.8 cm³/mol. The molecule has 0 saturated heterocycles. The fraction of sp³-hybridized carbons (Fsp3) is 0.667. The zero-order valence-electron chi connectivity index (χ0n) is 12.5. The van der Waals surface area contributed by atoms with Crippen LogP contribution in [0.5, 0.6) is 0 Å². The summed E-state index contributed by atoms with van der Waals surface area (Å²) in [4.78, 5) is 0. The summed E-state index contributed by atoms with van der Waals surface area (Å²) in [7, 11) is 0. The highest BCUT2D eigenvalue weighted by atomic mass is 14.9. The van der Waals surface area contributed by atoms with Gasteiger partial charge in [-0.15, -0.1) is 0 Å². The SMILES string of the molecule is CCCCCCc1ccccc1NC1CCCCC1. The molecule has 106 valence electrons. The highest BCUT2D eigenvalue weighted by Crippen LogP contribution is 2.24. The normalized spacial score (nSPS) is 16.5. The Morgan fingerprint density at radius 2 is 1.79 bits per heavy atom. The van der Waals surface area contributed by atoms with E-state index < -0.39 is 0 Å². The number of rotatable bonds is 7. The topological polar surface area (TPSA) is 12.0 Å². The summed E-state index contributed by atoms with van der Waals surface area (Å²) >= 11 is 0. The Balaban J connectivity index is 1.87. The molecule has 2 rings (SSSR count). The van der Waals surface area contributed by atoms with Gasteiger partial charge in [0.25, 0.3) is 0 Å². The zero-order chi connectivity index (χ0) is 13.3. The molecule has 0 bridgehead atoms. The summed E-state index contributed by atoms with van der Waals surface area (Å²) in [6, 6.07) is 9.63. The molecule has 0 heterocycles. The second-order valence-corrected chi connectivity index (χ2v) is 5.95. The Morgan fingerprint density at radius 1 is 1.00 bits per heavy atom. The third kappa shape index (κ3) is 4.89. The quantitative estimate of drug-likeness (QED) is 0.633. The van der Waals surface area contributed by atoms with Crippen LogP contribution in [-0.4, -0.2) is 6.04 Å². The molecule has 0 radical (unpaired) electrons. The summed E-state index contributed by atoms with van der Waals surface area (Å²) in [6.07, 6.45) is 13.6. The molecule has 1 aliphatic rings. The van der Waals surface area contributed by atoms with Crippen molar-refractivity contribution < 1.29 is 0 Å². The molecule has 19 heavy (non-hydrogen) atoms. The highest BCUT2D eigenvalue weighted by molar-refractivity contribution is 5.51. The summed E-state index contributed by atoms with van der Waals surface area (Å²) in [5.74, 6) is 0. The van der Waals surface area contributed by atoms with Crippen LogP contribution in [0.3, 0.4) is 0 Å². The number of para-hydroxylation sites is 1. The zero-order valence-corrected chi connectivity index (χ0v) is 12.5. The van der Waals surface area contributed by atoms with Crippen LogP contribution in [0.15, 0.2) is 24.3 Å². The Morgan fingerprint density at radius 3 is 2.58 bits per heavy atom. The summed E-state index contributed by atoms with van der Waals surface area (Å²) in [6.45, 7) is 2.28. The van der Waals surface area contributed by atoms with Gasteiger partial charge < -0.3 is 5.32 Å². The summed E-state index contributed by atoms with van der Waals surface area (Å²) in [5, 5.41) is 3.79. The number of nitrogens with one attached hydrogen (secondary N) is 1. The Labute approximate surface area is 118 Å². The maximum atomic E-state index is 3.79. The van der Waals surface area contributed by atoms with E-state index in [9.17, 15) is 0 Å². The van der Waals surface area contributed by atoms with E-state index in [0.29, 0.717) is 6.04 Å². The van der Waals surface area contributed by atoms with Crippen LogP contribution in [0, 0.1) is 0 Å². The summed E-state index contributed by atoms with van der Waals surface area (Å²) < 4.78 is 0. The Hall–Kier alpha value is -0.980. The molecular formula is C18H29N. The lowest BCUT2D eigenvalue weighted by Crippen LogP contribution is -2.22. The van der Waals surface area contributed by atoms with Crippen molar-refractivity contribution in [3.8, 4) is 0 Å². The van der Waals surface area contributed by atoms with Gasteiger partial charge in [0.05, 0.1) is 0 Å². The lowest BCUT2D eigenvalue weighted by molar-refractivity contribution is 0.462. The van der Waals surface area contributed by atoms with Gasteiger partial charge in [0.1, 0.15) is 0 Å². The average molecular weight is 259 g/mol. The first-order valence-corrected chi connectivity index (χ1v) is 8.24. The minimum Gasteiger partial charge on any atom is -0.382 e. The number of aryl methyl sites for hydroxylation is 1. The molecule has 0 atom stereocenters. The lowest BCUT2D eigenvalue weighted by atomic mass is 9.94. The van der Waals surface area contributed by atoms with E-state index >= 15 is 0 Å². The van der Waals surface area contributed by atoms with Gasteiger partial charge in [-0.1, -0.05) is 63.6 Å². The maximum absolute atomic E-state index is 3.79. The molecule has 1 N–H and O–H groups in total. The van der Waals surface area contributed by atoms with Crippen molar-refractivity contribution in [1.29, 1.82) is 0 Å². The number of unbranched alkanes of at least 4 members (excludes halogenated alkanes) is 3. The molecule has 1 nitrogen and oxygen atoms in total. The van der Waals surface area contributed by atoms with Gasteiger partial charge in [-0.05, 0) is 37.3 Å². The Bertz CT molecular complexity index is 352. The van der Waals surface area contributed by atoms with Crippen LogP contribution in [0.1, 0.15) is 70.3 Å². The third-order valence-corrected chi connectivity index (χ3v) is 4.28. The molecule has 0 spiro atoms. The van der Waals surface area contributed by atoms with Crippen molar-refractivity contribution in [1.82, 2.24) is 0 Å². The maximum Gasteiger partial charge on any atom is 0.0374 e. The molecule has 1 heteroatoms. The van der Waals surface area contributed by atoms with Gasteiger partial charge in [0, 0.05) is 11.7 Å². The number of hydrogen-bond donors (Lipinski definition) is 1. The van der Waals surface area contributed by atoms with Crippen LogP contribution < -0.4 is 5.32 Å². The van der Waals surface area contributed by atoms with Gasteiger partial charge in [0.2, 0.25) is 0 Å². The van der Waals surface area contributed by atoms with Crippen LogP contribution in [0.4, 0.5) is 5.69 Å². The molecule has 1 aromatic carbocycles. The number of hydrogen-bond acceptors (Lipinski definition) is 1. The first-order chi connectivity index (χ1) is 9.40. The van der Waals surface area contributed by atoms with Crippen molar-refractivity contribution in [2.24, 2.45) is 0 Å². The third-order valence-electron chi connectivity index (χ3n) is 4.28. The molecule has 1 fully saturated rings. The predicted octanol–water partition coefficient (Wildman–Crippen LogP) is 5.55. The van der Waals surface area contributed by atoms with Crippen LogP contribution in [-0.2, 0) is 6.42 Å². The van der Waals surface area contributed by atoms with Crippen LogP contribution in [0.2, 0.25) is 0 Å². The molecule has 0 aliphatic heterocycles. The Kier molecular flexibility index (Phi) is 6.26. The second-order valence-electron chi connectivity index (χ2n) is 5.95. The first kappa shape index (κ1) is 14.4. The molecule has 1 aromatic rings. The fourth-order valence-electron chi connectivity index (χ4n) is 3.09. The monoisotopic (exact) mass is 259 g/mol. The van der Waals surface area contributed by atoms with Crippen molar-refractivity contribution in [2.45, 2.75) is 77.2 Å². The molecule has 1 aliphatic carbocycles. The largest absolute Gasteiger partial charge is 0.382 e. The minimum atomic E-state index is 0.713. The van der Waals surface area contributed by atoms with E-state index in [4.69, 9.17) is 0 Å². The smallest absolute Gasteiger partial charge is 0.0374 e. The highest BCUT2D eigenvalue weighted by Gasteiger charge is 2.13. The summed E-state index contributed by atoms with van der Waals surface area (Å²) in [5.41, 5.74) is 2.91. The second kappa shape index (κ2) is 8.24. The average Bonchev–Trinajstić information content (AvgIpc) is 2.46. The van der Waals surface area contributed by atoms with Gasteiger partial charge in [-0.25, -0.2) is 0 Å². The van der Waals surface area contributed by atoms with Crippen molar-refractivity contribution in [3.63, 3.8) is 0 Å². The van der Waals surface area contributed by atoms with Crippen LogP contribution in [0.25, 0.3) is 0 Å². The molecular weight excluding hydrogens is 230 g/mol. The lowest BCUT2D eigenvalue weighted by Gasteiger charge is -2.25.